The van der Waals surface area contributed by atoms with Crippen LogP contribution in [0.2, 0.25) is 0 Å². The molecule has 25 heavy (non-hydrogen) atoms. The third kappa shape index (κ3) is 14.7. The van der Waals surface area contributed by atoms with Crippen LogP contribution in [0.15, 0.2) is 0 Å². The molecule has 2 heteroatoms. The molecule has 150 valence electrons. The van der Waals surface area contributed by atoms with Crippen LogP contribution >= 0.6 is 0 Å². The minimum Gasteiger partial charge on any atom is -0.314 e. The lowest BCUT2D eigenvalue weighted by Gasteiger charge is -2.25. The van der Waals surface area contributed by atoms with Crippen LogP contribution in [-0.2, 0) is 0 Å². The summed E-state index contributed by atoms with van der Waals surface area (Å²) in [5, 5.41) is 11.6. The minimum absolute atomic E-state index is 0.755. The van der Waals surface area contributed by atoms with Gasteiger partial charge in [0.05, 0.1) is 0 Å². The summed E-state index contributed by atoms with van der Waals surface area (Å²) in [5.41, 5.74) is 0. The second kappa shape index (κ2) is 17.3. The van der Waals surface area contributed by atoms with Gasteiger partial charge in [0.2, 0.25) is 0 Å². The Morgan fingerprint density at radius 1 is 0.640 bits per heavy atom. The Kier molecular flexibility index (Phi) is 15.9. The van der Waals surface area contributed by atoms with E-state index in [4.69, 9.17) is 0 Å². The first-order valence-corrected chi connectivity index (χ1v) is 11.8. The Hall–Kier alpha value is -0.0800. The van der Waals surface area contributed by atoms with Crippen molar-refractivity contribution in [2.75, 3.05) is 13.1 Å². The molecule has 0 atom stereocenters. The zero-order valence-electron chi connectivity index (χ0n) is 17.3. The average Bonchev–Trinajstić information content (AvgIpc) is 2.63. The molecule has 0 aliphatic heterocycles. The Balaban J connectivity index is 1.74. The summed E-state index contributed by atoms with van der Waals surface area (Å²) in [6.07, 6.45) is 26.4. The molecular formula is C23H47NO. The summed E-state index contributed by atoms with van der Waals surface area (Å²) >= 11 is 0. The Morgan fingerprint density at radius 3 is 1.56 bits per heavy atom. The molecule has 0 aromatic heterocycles. The molecule has 1 aliphatic rings. The van der Waals surface area contributed by atoms with Crippen molar-refractivity contribution < 1.29 is 5.21 Å². The molecule has 1 N–H and O–H groups in total. The van der Waals surface area contributed by atoms with E-state index in [9.17, 15) is 5.21 Å². The van der Waals surface area contributed by atoms with E-state index in [-0.39, 0.29) is 0 Å². The van der Waals surface area contributed by atoms with E-state index in [0.29, 0.717) is 0 Å². The van der Waals surface area contributed by atoms with Crippen molar-refractivity contribution in [3.63, 3.8) is 0 Å². The van der Waals surface area contributed by atoms with Crippen LogP contribution in [-0.4, -0.2) is 23.4 Å². The van der Waals surface area contributed by atoms with Crippen LogP contribution in [0.3, 0.4) is 0 Å². The maximum Gasteiger partial charge on any atom is 0.0266 e. The predicted octanol–water partition coefficient (Wildman–Crippen LogP) is 7.74. The summed E-state index contributed by atoms with van der Waals surface area (Å²) in [6, 6.07) is 0. The second-order valence-electron chi connectivity index (χ2n) is 8.51. The monoisotopic (exact) mass is 353 g/mol. The maximum absolute atomic E-state index is 10.0. The smallest absolute Gasteiger partial charge is 0.0266 e. The Bertz CT molecular complexity index is 263. The van der Waals surface area contributed by atoms with Crippen LogP contribution < -0.4 is 0 Å². The molecule has 2 nitrogen and oxygen atoms in total. The highest BCUT2D eigenvalue weighted by Gasteiger charge is 2.15. The molecule has 1 saturated carbocycles. The first kappa shape index (κ1) is 23.0. The van der Waals surface area contributed by atoms with Crippen molar-refractivity contribution in [1.82, 2.24) is 5.06 Å². The summed E-state index contributed by atoms with van der Waals surface area (Å²) in [5.74, 6) is 0.755. The standard InChI is InChI=1S/C23H47NO/c1-2-3-4-5-6-7-8-9-10-11-12-13-14-18-21-24(25)22-23-19-16-15-17-20-23/h23,25H,2-22H2,1H3. The fourth-order valence-electron chi connectivity index (χ4n) is 4.25. The van der Waals surface area contributed by atoms with Gasteiger partial charge in [0, 0.05) is 13.1 Å². The molecule has 0 unspecified atom stereocenters. The van der Waals surface area contributed by atoms with E-state index in [1.165, 1.54) is 122 Å². The van der Waals surface area contributed by atoms with Crippen LogP contribution in [0.1, 0.15) is 129 Å². The molecule has 0 radical (unpaired) electrons. The van der Waals surface area contributed by atoms with Gasteiger partial charge in [-0.3, -0.25) is 0 Å². The van der Waals surface area contributed by atoms with Crippen LogP contribution in [0, 0.1) is 5.92 Å². The van der Waals surface area contributed by atoms with Gasteiger partial charge in [-0.1, -0.05) is 110 Å². The lowest BCUT2D eigenvalue weighted by molar-refractivity contribution is -0.105. The number of hydrogen-bond acceptors (Lipinski definition) is 2. The molecule has 1 fully saturated rings. The number of hydrogen-bond donors (Lipinski definition) is 1. The minimum atomic E-state index is 0.755. The topological polar surface area (TPSA) is 23.5 Å². The lowest BCUT2D eigenvalue weighted by atomic mass is 9.89. The van der Waals surface area contributed by atoms with E-state index in [2.05, 4.69) is 6.92 Å². The van der Waals surface area contributed by atoms with Gasteiger partial charge in [-0.15, -0.1) is 0 Å². The fraction of sp³-hybridized carbons (Fsp3) is 1.00. The molecule has 0 spiro atoms. The average molecular weight is 354 g/mol. The van der Waals surface area contributed by atoms with Gasteiger partial charge in [0.1, 0.15) is 0 Å². The molecule has 0 heterocycles. The third-order valence-corrected chi connectivity index (χ3v) is 5.96. The van der Waals surface area contributed by atoms with E-state index < -0.39 is 0 Å². The molecule has 0 amide bonds. The van der Waals surface area contributed by atoms with Gasteiger partial charge >= 0.3 is 0 Å². The first-order chi connectivity index (χ1) is 12.3. The molecule has 0 aromatic carbocycles. The lowest BCUT2D eigenvalue weighted by Crippen LogP contribution is -2.28. The van der Waals surface area contributed by atoms with Crippen LogP contribution in [0.5, 0.6) is 0 Å². The first-order valence-electron chi connectivity index (χ1n) is 11.8. The highest BCUT2D eigenvalue weighted by atomic mass is 16.5. The number of rotatable bonds is 17. The van der Waals surface area contributed by atoms with Gasteiger partial charge < -0.3 is 5.21 Å². The predicted molar refractivity (Wildman–Crippen MR) is 110 cm³/mol. The summed E-state index contributed by atoms with van der Waals surface area (Å²) in [4.78, 5) is 0. The molecule has 0 bridgehead atoms. The molecule has 0 aromatic rings. The van der Waals surface area contributed by atoms with Gasteiger partial charge in [0.15, 0.2) is 0 Å². The molecule has 1 rings (SSSR count). The van der Waals surface area contributed by atoms with Crippen molar-refractivity contribution >= 4 is 0 Å². The van der Waals surface area contributed by atoms with E-state index in [1.807, 2.05) is 0 Å². The highest BCUT2D eigenvalue weighted by Crippen LogP contribution is 2.24. The largest absolute Gasteiger partial charge is 0.314 e. The Labute approximate surface area is 158 Å². The van der Waals surface area contributed by atoms with E-state index in [1.54, 1.807) is 5.06 Å². The Morgan fingerprint density at radius 2 is 1.08 bits per heavy atom. The van der Waals surface area contributed by atoms with Crippen molar-refractivity contribution in [2.45, 2.75) is 129 Å². The van der Waals surface area contributed by atoms with Gasteiger partial charge in [-0.2, -0.15) is 5.06 Å². The zero-order chi connectivity index (χ0) is 18.0. The quantitative estimate of drug-likeness (QED) is 0.213. The third-order valence-electron chi connectivity index (χ3n) is 5.96. The van der Waals surface area contributed by atoms with Gasteiger partial charge in [-0.25, -0.2) is 0 Å². The fourth-order valence-corrected chi connectivity index (χ4v) is 4.25. The SMILES string of the molecule is CCCCCCCCCCCCCCCCN(O)CC1CCCCC1. The van der Waals surface area contributed by atoms with Crippen LogP contribution in [0.25, 0.3) is 0 Å². The summed E-state index contributed by atoms with van der Waals surface area (Å²) in [7, 11) is 0. The van der Waals surface area contributed by atoms with Gasteiger partial charge in [-0.05, 0) is 25.2 Å². The van der Waals surface area contributed by atoms with Crippen molar-refractivity contribution in [1.29, 1.82) is 0 Å². The molecular weight excluding hydrogens is 306 g/mol. The van der Waals surface area contributed by atoms with Crippen LogP contribution in [0.4, 0.5) is 0 Å². The zero-order valence-corrected chi connectivity index (χ0v) is 17.3. The van der Waals surface area contributed by atoms with Crippen molar-refractivity contribution in [3.05, 3.63) is 0 Å². The maximum atomic E-state index is 10.0. The normalized spacial score (nSPS) is 16.0. The summed E-state index contributed by atoms with van der Waals surface area (Å²) in [6.45, 7) is 4.09. The van der Waals surface area contributed by atoms with E-state index in [0.717, 1.165) is 19.0 Å². The number of hydroxylamine groups is 2. The van der Waals surface area contributed by atoms with Crippen molar-refractivity contribution in [2.24, 2.45) is 5.92 Å². The number of unbranched alkanes of at least 4 members (excludes halogenated alkanes) is 13. The summed E-state index contributed by atoms with van der Waals surface area (Å²) < 4.78 is 0. The highest BCUT2D eigenvalue weighted by molar-refractivity contribution is 4.67. The van der Waals surface area contributed by atoms with E-state index >= 15 is 0 Å². The van der Waals surface area contributed by atoms with Gasteiger partial charge in [0.25, 0.3) is 0 Å². The molecule has 1 aliphatic carbocycles. The molecule has 0 saturated heterocycles. The second-order valence-corrected chi connectivity index (χ2v) is 8.51. The number of nitrogens with zero attached hydrogens (tertiary/aromatic N) is 1. The van der Waals surface area contributed by atoms with Crippen molar-refractivity contribution in [3.8, 4) is 0 Å².